The molecule has 0 saturated heterocycles. The summed E-state index contributed by atoms with van der Waals surface area (Å²) in [6.45, 7) is 11.4. The Morgan fingerprint density at radius 2 is 1.73 bits per heavy atom. The minimum absolute atomic E-state index is 0.0280. The van der Waals surface area contributed by atoms with Crippen LogP contribution in [0.15, 0.2) is 29.2 Å². The van der Waals surface area contributed by atoms with Crippen molar-refractivity contribution in [2.75, 3.05) is 6.61 Å². The number of hydrogen-bond acceptors (Lipinski definition) is 5. The van der Waals surface area contributed by atoms with Crippen LogP contribution < -0.4 is 0 Å². The lowest BCUT2D eigenvalue weighted by molar-refractivity contribution is -0.156. The minimum atomic E-state index is -3.84. The number of ether oxygens (including phenoxy) is 1. The number of benzene rings is 1. The van der Waals surface area contributed by atoms with Crippen molar-refractivity contribution in [2.45, 2.75) is 71.3 Å². The van der Waals surface area contributed by atoms with Crippen LogP contribution in [0.2, 0.25) is 0 Å². The van der Waals surface area contributed by atoms with Crippen LogP contribution in [-0.4, -0.2) is 26.6 Å². The molecule has 0 saturated carbocycles. The van der Waals surface area contributed by atoms with Crippen molar-refractivity contribution in [1.29, 1.82) is 0 Å². The lowest BCUT2D eigenvalue weighted by Gasteiger charge is -2.23. The Balaban J connectivity index is 2.78. The first kappa shape index (κ1) is 22.6. The molecule has 5 nitrogen and oxygen atoms in total. The predicted molar refractivity (Wildman–Crippen MR) is 102 cm³/mol. The van der Waals surface area contributed by atoms with Crippen molar-refractivity contribution in [1.82, 2.24) is 0 Å². The maximum Gasteiger partial charge on any atom is 0.306 e. The van der Waals surface area contributed by atoms with Crippen LogP contribution in [0.5, 0.6) is 0 Å². The molecule has 26 heavy (non-hydrogen) atoms. The fourth-order valence-corrected chi connectivity index (χ4v) is 3.50. The summed E-state index contributed by atoms with van der Waals surface area (Å²) in [6, 6.07) is 6.52. The summed E-state index contributed by atoms with van der Waals surface area (Å²) < 4.78 is 35.4. The van der Waals surface area contributed by atoms with Crippen molar-refractivity contribution in [3.8, 4) is 0 Å². The number of esters is 1. The van der Waals surface area contributed by atoms with Gasteiger partial charge in [-0.2, -0.15) is 8.42 Å². The van der Waals surface area contributed by atoms with Gasteiger partial charge in [-0.25, -0.2) is 0 Å². The van der Waals surface area contributed by atoms with E-state index in [9.17, 15) is 13.2 Å². The normalized spacial score (nSPS) is 14.7. The predicted octanol–water partition coefficient (Wildman–Crippen LogP) is 4.48. The van der Waals surface area contributed by atoms with Gasteiger partial charge in [0.05, 0.1) is 17.9 Å². The Labute approximate surface area is 158 Å². The van der Waals surface area contributed by atoms with Gasteiger partial charge >= 0.3 is 5.97 Å². The molecule has 0 fully saturated rings. The van der Waals surface area contributed by atoms with Crippen molar-refractivity contribution in [3.63, 3.8) is 0 Å². The smallest absolute Gasteiger partial charge is 0.306 e. The first-order chi connectivity index (χ1) is 11.9. The van der Waals surface area contributed by atoms with Crippen LogP contribution in [0, 0.1) is 18.8 Å². The lowest BCUT2D eigenvalue weighted by Crippen LogP contribution is -2.27. The van der Waals surface area contributed by atoms with E-state index < -0.39 is 15.7 Å². The molecule has 1 aromatic rings. The van der Waals surface area contributed by atoms with E-state index in [0.717, 1.165) is 12.0 Å². The molecule has 1 rings (SSSR count). The highest BCUT2D eigenvalue weighted by atomic mass is 32.2. The van der Waals surface area contributed by atoms with Gasteiger partial charge in [0, 0.05) is 0 Å². The molecule has 0 heterocycles. The number of carbonyl (C=O) groups excluding carboxylic acids is 1. The summed E-state index contributed by atoms with van der Waals surface area (Å²) in [5.74, 6) is -0.171. The van der Waals surface area contributed by atoms with Gasteiger partial charge in [-0.15, -0.1) is 0 Å². The zero-order valence-corrected chi connectivity index (χ0v) is 17.6. The van der Waals surface area contributed by atoms with Gasteiger partial charge in [0.2, 0.25) is 0 Å². The molecule has 0 spiro atoms. The molecule has 0 aliphatic heterocycles. The Bertz CT molecular complexity index is 671. The lowest BCUT2D eigenvalue weighted by atomic mass is 9.92. The first-order valence-corrected chi connectivity index (χ1v) is 10.5. The molecule has 0 aromatic heterocycles. The summed E-state index contributed by atoms with van der Waals surface area (Å²) in [5, 5.41) is 0. The van der Waals surface area contributed by atoms with E-state index in [2.05, 4.69) is 13.8 Å². The van der Waals surface area contributed by atoms with Gasteiger partial charge in [0.15, 0.2) is 0 Å². The fraction of sp³-hybridized carbons (Fsp3) is 0.650. The Morgan fingerprint density at radius 3 is 2.23 bits per heavy atom. The highest BCUT2D eigenvalue weighted by molar-refractivity contribution is 7.86. The standard InChI is InChI=1S/C20H32O5S/c1-7-15(2)12-17(13-19(21)25-20(4,5)6)14-24-26(22,23)18-10-8-16(3)9-11-18/h8-11,15,17H,7,12-14H2,1-6H3/t15?,17-/m0/s1. The summed E-state index contributed by atoms with van der Waals surface area (Å²) in [7, 11) is -3.84. The average molecular weight is 385 g/mol. The minimum Gasteiger partial charge on any atom is -0.460 e. The second kappa shape index (κ2) is 9.51. The monoisotopic (exact) mass is 384 g/mol. The molecule has 6 heteroatoms. The molecule has 1 unspecified atom stereocenters. The van der Waals surface area contributed by atoms with Gasteiger partial charge < -0.3 is 4.74 Å². The largest absolute Gasteiger partial charge is 0.460 e. The average Bonchev–Trinajstić information content (AvgIpc) is 2.51. The van der Waals surface area contributed by atoms with E-state index in [0.29, 0.717) is 12.3 Å². The fourth-order valence-electron chi connectivity index (χ4n) is 2.52. The second-order valence-electron chi connectivity index (χ2n) is 7.96. The SMILES string of the molecule is CCC(C)C[C@H](COS(=O)(=O)c1ccc(C)cc1)CC(=O)OC(C)(C)C. The third-order valence-corrected chi connectivity index (χ3v) is 5.37. The van der Waals surface area contributed by atoms with E-state index in [1.807, 2.05) is 27.7 Å². The Hall–Kier alpha value is -1.40. The van der Waals surface area contributed by atoms with Crippen molar-refractivity contribution in [3.05, 3.63) is 29.8 Å². The quantitative estimate of drug-likeness (QED) is 0.464. The third kappa shape index (κ3) is 8.32. The summed E-state index contributed by atoms with van der Waals surface area (Å²) in [5.41, 5.74) is 0.413. The zero-order valence-electron chi connectivity index (χ0n) is 16.7. The number of carbonyl (C=O) groups is 1. The van der Waals surface area contributed by atoms with Crippen LogP contribution in [0.3, 0.4) is 0 Å². The van der Waals surface area contributed by atoms with Gasteiger partial charge in [-0.3, -0.25) is 8.98 Å². The molecule has 0 aliphatic carbocycles. The summed E-state index contributed by atoms with van der Waals surface area (Å²) in [6.07, 6.45) is 1.81. The van der Waals surface area contributed by atoms with Gasteiger partial charge in [-0.1, -0.05) is 38.0 Å². The van der Waals surface area contributed by atoms with Gasteiger partial charge in [0.25, 0.3) is 10.1 Å². The highest BCUT2D eigenvalue weighted by Gasteiger charge is 2.24. The van der Waals surface area contributed by atoms with E-state index in [-0.39, 0.29) is 29.8 Å². The summed E-state index contributed by atoms with van der Waals surface area (Å²) in [4.78, 5) is 12.3. The van der Waals surface area contributed by atoms with Crippen molar-refractivity contribution in [2.24, 2.45) is 11.8 Å². The molecule has 1 aromatic carbocycles. The third-order valence-electron chi connectivity index (χ3n) is 4.08. The van der Waals surface area contributed by atoms with E-state index in [1.54, 1.807) is 12.1 Å². The highest BCUT2D eigenvalue weighted by Crippen LogP contribution is 2.23. The first-order valence-electron chi connectivity index (χ1n) is 9.11. The molecule has 148 valence electrons. The van der Waals surface area contributed by atoms with Crippen molar-refractivity contribution >= 4 is 16.1 Å². The number of hydrogen-bond donors (Lipinski definition) is 0. The summed E-state index contributed by atoms with van der Waals surface area (Å²) >= 11 is 0. The molecule has 0 amide bonds. The Kier molecular flexibility index (Phi) is 8.28. The molecular weight excluding hydrogens is 352 g/mol. The van der Waals surface area contributed by atoms with Crippen LogP contribution >= 0.6 is 0 Å². The molecule has 0 bridgehead atoms. The van der Waals surface area contributed by atoms with Crippen molar-refractivity contribution < 1.29 is 22.1 Å². The molecular formula is C20H32O5S. The molecule has 2 atom stereocenters. The maximum absolute atomic E-state index is 12.4. The maximum atomic E-state index is 12.4. The molecule has 0 aliphatic rings. The van der Waals surface area contributed by atoms with E-state index >= 15 is 0 Å². The van der Waals surface area contributed by atoms with Crippen LogP contribution in [-0.2, 0) is 23.8 Å². The Morgan fingerprint density at radius 1 is 1.15 bits per heavy atom. The van der Waals surface area contributed by atoms with E-state index in [4.69, 9.17) is 8.92 Å². The zero-order chi connectivity index (χ0) is 20.0. The van der Waals surface area contributed by atoms with Gasteiger partial charge in [0.1, 0.15) is 5.60 Å². The number of rotatable bonds is 9. The van der Waals surface area contributed by atoms with E-state index in [1.165, 1.54) is 12.1 Å². The van der Waals surface area contributed by atoms with Crippen LogP contribution in [0.4, 0.5) is 0 Å². The van der Waals surface area contributed by atoms with Crippen LogP contribution in [0.1, 0.15) is 59.4 Å². The second-order valence-corrected chi connectivity index (χ2v) is 9.57. The topological polar surface area (TPSA) is 69.7 Å². The van der Waals surface area contributed by atoms with Gasteiger partial charge in [-0.05, 0) is 58.1 Å². The molecule has 0 N–H and O–H groups in total. The number of aryl methyl sites for hydroxylation is 1. The van der Waals surface area contributed by atoms with Crippen LogP contribution in [0.25, 0.3) is 0 Å². The molecule has 0 radical (unpaired) electrons.